The Kier molecular flexibility index (Phi) is 3.21. The Balaban J connectivity index is 2.92. The molecule has 1 heterocycles. The Bertz CT molecular complexity index is 372. The summed E-state index contributed by atoms with van der Waals surface area (Å²) in [7, 11) is 0. The van der Waals surface area contributed by atoms with Crippen LogP contribution in [0.4, 0.5) is 5.69 Å². The van der Waals surface area contributed by atoms with Gasteiger partial charge in [0.15, 0.2) is 0 Å². The van der Waals surface area contributed by atoms with E-state index in [-0.39, 0.29) is 0 Å². The van der Waals surface area contributed by atoms with Gasteiger partial charge in [0, 0.05) is 23.6 Å². The first-order valence-corrected chi connectivity index (χ1v) is 5.19. The Hall–Kier alpha value is -1.58. The number of carboxylic acid groups (broad SMARTS) is 1. The number of anilines is 1. The fraction of sp³-hybridized carbons (Fsp3) is 0.500. The van der Waals surface area contributed by atoms with E-state index in [4.69, 9.17) is 0 Å². The van der Waals surface area contributed by atoms with Gasteiger partial charge < -0.3 is 10.4 Å². The van der Waals surface area contributed by atoms with E-state index in [1.54, 1.807) is 26.2 Å². The van der Waals surface area contributed by atoms with Crippen LogP contribution < -0.4 is 5.32 Å². The van der Waals surface area contributed by atoms with Crippen LogP contribution in [0.25, 0.3) is 0 Å². The molecule has 1 aromatic rings. The summed E-state index contributed by atoms with van der Waals surface area (Å²) >= 11 is 0. The number of aliphatic carboxylic acids is 1. The summed E-state index contributed by atoms with van der Waals surface area (Å²) in [6.07, 6.45) is 3.35. The molecule has 0 aromatic carbocycles. The number of pyridine rings is 1. The number of nitrogens with one attached hydrogen (secondary N) is 1. The van der Waals surface area contributed by atoms with Crippen molar-refractivity contribution in [1.82, 2.24) is 4.98 Å². The highest BCUT2D eigenvalue weighted by Gasteiger charge is 2.43. The van der Waals surface area contributed by atoms with Gasteiger partial charge >= 0.3 is 5.97 Å². The van der Waals surface area contributed by atoms with Crippen molar-refractivity contribution in [2.24, 2.45) is 5.41 Å². The minimum Gasteiger partial charge on any atom is -0.481 e. The monoisotopic (exact) mass is 222 g/mol. The maximum absolute atomic E-state index is 11.2. The van der Waals surface area contributed by atoms with Gasteiger partial charge in [-0.3, -0.25) is 9.78 Å². The molecule has 0 aliphatic heterocycles. The molecule has 4 nitrogen and oxygen atoms in total. The average Bonchev–Trinajstić information content (AvgIpc) is 2.18. The summed E-state index contributed by atoms with van der Waals surface area (Å²) in [5, 5.41) is 12.4. The molecule has 0 amide bonds. The second-order valence-electron chi connectivity index (χ2n) is 4.92. The van der Waals surface area contributed by atoms with Crippen molar-refractivity contribution < 1.29 is 9.90 Å². The van der Waals surface area contributed by atoms with Crippen LogP contribution in [0.2, 0.25) is 0 Å². The van der Waals surface area contributed by atoms with Crippen molar-refractivity contribution in [3.05, 3.63) is 24.5 Å². The second kappa shape index (κ2) is 4.12. The zero-order valence-electron chi connectivity index (χ0n) is 10.1. The molecule has 0 unspecified atom stereocenters. The van der Waals surface area contributed by atoms with Crippen LogP contribution in [0, 0.1) is 5.41 Å². The third-order valence-electron chi connectivity index (χ3n) is 3.23. The lowest BCUT2D eigenvalue weighted by Gasteiger charge is -2.39. The van der Waals surface area contributed by atoms with Gasteiger partial charge in [0.25, 0.3) is 0 Å². The Labute approximate surface area is 95.7 Å². The highest BCUT2D eigenvalue weighted by Crippen LogP contribution is 2.33. The topological polar surface area (TPSA) is 62.2 Å². The van der Waals surface area contributed by atoms with E-state index in [9.17, 15) is 9.90 Å². The maximum atomic E-state index is 11.2. The summed E-state index contributed by atoms with van der Waals surface area (Å²) < 4.78 is 0. The molecule has 0 fully saturated rings. The van der Waals surface area contributed by atoms with Gasteiger partial charge in [-0.05, 0) is 39.8 Å². The van der Waals surface area contributed by atoms with Crippen LogP contribution >= 0.6 is 0 Å². The first kappa shape index (κ1) is 12.5. The molecule has 88 valence electrons. The molecule has 0 spiro atoms. The minimum atomic E-state index is -0.865. The fourth-order valence-corrected chi connectivity index (χ4v) is 1.22. The molecular weight excluding hydrogens is 204 g/mol. The highest BCUT2D eigenvalue weighted by atomic mass is 16.4. The van der Waals surface area contributed by atoms with Crippen molar-refractivity contribution >= 4 is 11.7 Å². The molecule has 1 rings (SSSR count). The van der Waals surface area contributed by atoms with Gasteiger partial charge in [-0.1, -0.05) is 0 Å². The number of rotatable bonds is 4. The SMILES string of the molecule is CC(C)(Nc1ccncc1)C(C)(C)C(=O)O. The molecule has 1 aromatic heterocycles. The van der Waals surface area contributed by atoms with Crippen molar-refractivity contribution in [3.63, 3.8) is 0 Å². The summed E-state index contributed by atoms with van der Waals surface area (Å²) in [5.74, 6) is -0.820. The van der Waals surface area contributed by atoms with Crippen LogP contribution in [0.1, 0.15) is 27.7 Å². The smallest absolute Gasteiger partial charge is 0.311 e. The number of hydrogen-bond donors (Lipinski definition) is 2. The number of carboxylic acids is 1. The molecule has 0 radical (unpaired) electrons. The van der Waals surface area contributed by atoms with E-state index >= 15 is 0 Å². The Morgan fingerprint density at radius 3 is 2.19 bits per heavy atom. The highest BCUT2D eigenvalue weighted by molar-refractivity contribution is 5.76. The number of carbonyl (C=O) groups is 1. The molecule has 0 atom stereocenters. The molecule has 2 N–H and O–H groups in total. The predicted octanol–water partition coefficient (Wildman–Crippen LogP) is 2.38. The second-order valence-corrected chi connectivity index (χ2v) is 4.92. The summed E-state index contributed by atoms with van der Waals surface area (Å²) in [4.78, 5) is 15.1. The number of nitrogens with zero attached hydrogens (tertiary/aromatic N) is 1. The van der Waals surface area contributed by atoms with Gasteiger partial charge in [-0.15, -0.1) is 0 Å². The normalized spacial score (nSPS) is 12.2. The molecule has 16 heavy (non-hydrogen) atoms. The summed E-state index contributed by atoms with van der Waals surface area (Å²) in [6, 6.07) is 3.64. The molecule has 0 saturated heterocycles. The van der Waals surface area contributed by atoms with Gasteiger partial charge in [0.1, 0.15) is 0 Å². The third-order valence-corrected chi connectivity index (χ3v) is 3.23. The van der Waals surface area contributed by atoms with E-state index in [1.807, 2.05) is 26.0 Å². The molecule has 0 bridgehead atoms. The summed E-state index contributed by atoms with van der Waals surface area (Å²) in [5.41, 5.74) is -0.550. The molecule has 0 aliphatic carbocycles. The van der Waals surface area contributed by atoms with Crippen molar-refractivity contribution in [2.75, 3.05) is 5.32 Å². The molecule has 0 saturated carbocycles. The quantitative estimate of drug-likeness (QED) is 0.821. The molecule has 0 aliphatic rings. The number of hydrogen-bond acceptors (Lipinski definition) is 3. The van der Waals surface area contributed by atoms with E-state index in [2.05, 4.69) is 10.3 Å². The van der Waals surface area contributed by atoms with Gasteiger partial charge in [0.2, 0.25) is 0 Å². The Morgan fingerprint density at radius 2 is 1.75 bits per heavy atom. The maximum Gasteiger partial charge on any atom is 0.311 e. The van der Waals surface area contributed by atoms with Crippen molar-refractivity contribution in [3.8, 4) is 0 Å². The lowest BCUT2D eigenvalue weighted by molar-refractivity contribution is -0.149. The van der Waals surface area contributed by atoms with Gasteiger partial charge in [-0.2, -0.15) is 0 Å². The van der Waals surface area contributed by atoms with Crippen LogP contribution in [-0.2, 0) is 4.79 Å². The van der Waals surface area contributed by atoms with Crippen molar-refractivity contribution in [2.45, 2.75) is 33.2 Å². The van der Waals surface area contributed by atoms with Crippen LogP contribution in [-0.4, -0.2) is 21.6 Å². The lowest BCUT2D eigenvalue weighted by Crippen LogP contribution is -2.50. The van der Waals surface area contributed by atoms with E-state index in [1.165, 1.54) is 0 Å². The van der Waals surface area contributed by atoms with E-state index in [0.29, 0.717) is 0 Å². The zero-order valence-corrected chi connectivity index (χ0v) is 10.1. The molecular formula is C12H18N2O2. The fourth-order valence-electron chi connectivity index (χ4n) is 1.22. The Morgan fingerprint density at radius 1 is 1.25 bits per heavy atom. The largest absolute Gasteiger partial charge is 0.481 e. The first-order valence-electron chi connectivity index (χ1n) is 5.19. The lowest BCUT2D eigenvalue weighted by atomic mass is 9.74. The van der Waals surface area contributed by atoms with Crippen LogP contribution in [0.3, 0.4) is 0 Å². The number of aromatic nitrogens is 1. The molecule has 4 heteroatoms. The van der Waals surface area contributed by atoms with E-state index in [0.717, 1.165) is 5.69 Å². The first-order chi connectivity index (χ1) is 7.27. The average molecular weight is 222 g/mol. The van der Waals surface area contributed by atoms with E-state index < -0.39 is 16.9 Å². The standard InChI is InChI=1S/C12H18N2O2/c1-11(2,10(15)16)12(3,4)14-9-5-7-13-8-6-9/h5-8H,1-4H3,(H,13,14)(H,15,16). The van der Waals surface area contributed by atoms with Gasteiger partial charge in [0.05, 0.1) is 5.41 Å². The zero-order chi connectivity index (χ0) is 12.4. The third kappa shape index (κ3) is 2.32. The van der Waals surface area contributed by atoms with Crippen LogP contribution in [0.5, 0.6) is 0 Å². The van der Waals surface area contributed by atoms with Crippen LogP contribution in [0.15, 0.2) is 24.5 Å². The minimum absolute atomic E-state index is 0.555. The van der Waals surface area contributed by atoms with Crippen molar-refractivity contribution in [1.29, 1.82) is 0 Å². The van der Waals surface area contributed by atoms with Gasteiger partial charge in [-0.25, -0.2) is 0 Å². The predicted molar refractivity (Wildman–Crippen MR) is 63.4 cm³/mol. The summed E-state index contributed by atoms with van der Waals surface area (Å²) in [6.45, 7) is 7.18.